The first-order chi connectivity index (χ1) is 14.2. The molecule has 1 unspecified atom stereocenters. The third-order valence-corrected chi connectivity index (χ3v) is 6.16. The highest BCUT2D eigenvalue weighted by Crippen LogP contribution is 2.61. The first-order valence-electron chi connectivity index (χ1n) is 9.67. The molecule has 3 nitrogen and oxygen atoms in total. The Kier molecular flexibility index (Phi) is 3.34. The van der Waals surface area contributed by atoms with Crippen molar-refractivity contribution in [3.8, 4) is 0 Å². The van der Waals surface area contributed by atoms with Crippen LogP contribution in [0.15, 0.2) is 95.8 Å². The molecule has 0 bridgehead atoms. The number of hydrogen-bond donors (Lipinski definition) is 2. The minimum atomic E-state index is -1.88. The number of benzene rings is 2. The summed E-state index contributed by atoms with van der Waals surface area (Å²) < 4.78 is 5.57. The molecule has 0 fully saturated rings. The first-order valence-corrected chi connectivity index (χ1v) is 9.67. The van der Waals surface area contributed by atoms with Gasteiger partial charge >= 0.3 is 7.32 Å². The summed E-state index contributed by atoms with van der Waals surface area (Å²) in [6, 6.07) is 16.6. The molecule has 1 atom stereocenters. The maximum absolute atomic E-state index is 9.64. The lowest BCUT2D eigenvalue weighted by Gasteiger charge is -2.41. The van der Waals surface area contributed by atoms with Crippen molar-refractivity contribution < 1.29 is 14.7 Å². The second-order valence-corrected chi connectivity index (χ2v) is 7.59. The minimum Gasteiger partial charge on any atom is -0.514 e. The van der Waals surface area contributed by atoms with E-state index < -0.39 is 12.7 Å². The Balaban J connectivity index is 1.62. The SMILES string of the molecule is OB(O)OC1=CC=C2C(=Cc3ccccc32)C12C=CC=C1C2=Cc2ccccc21. The third kappa shape index (κ3) is 2.16. The molecule has 0 saturated carbocycles. The number of fused-ring (bicyclic) bond motifs is 8. The summed E-state index contributed by atoms with van der Waals surface area (Å²) in [7, 11) is -1.88. The van der Waals surface area contributed by atoms with Gasteiger partial charge in [0.1, 0.15) is 0 Å². The van der Waals surface area contributed by atoms with E-state index >= 15 is 0 Å². The standard InChI is InChI=1S/C25H17BO3/c27-26(28)29-24-12-11-21-19-9-4-2-7-17(19)15-23(21)25(24)13-5-10-20-18-8-3-1-6-16(18)14-22(20)25/h1-15,27-28H. The van der Waals surface area contributed by atoms with Crippen molar-refractivity contribution in [2.45, 2.75) is 0 Å². The fourth-order valence-electron chi connectivity index (χ4n) is 5.00. The van der Waals surface area contributed by atoms with Gasteiger partial charge in [-0.05, 0) is 62.8 Å². The van der Waals surface area contributed by atoms with Crippen LogP contribution in [0.4, 0.5) is 0 Å². The van der Waals surface area contributed by atoms with Crippen LogP contribution >= 0.6 is 0 Å². The van der Waals surface area contributed by atoms with Crippen LogP contribution in [-0.4, -0.2) is 17.4 Å². The van der Waals surface area contributed by atoms with Crippen molar-refractivity contribution in [1.82, 2.24) is 0 Å². The van der Waals surface area contributed by atoms with Gasteiger partial charge in [-0.2, -0.15) is 0 Å². The Morgan fingerprint density at radius 2 is 1.31 bits per heavy atom. The van der Waals surface area contributed by atoms with Crippen LogP contribution in [0.25, 0.3) is 23.3 Å². The molecule has 0 radical (unpaired) electrons. The predicted octanol–water partition coefficient (Wildman–Crippen LogP) is 4.39. The molecule has 0 heterocycles. The van der Waals surface area contributed by atoms with Crippen molar-refractivity contribution in [3.63, 3.8) is 0 Å². The second kappa shape index (κ2) is 5.83. The van der Waals surface area contributed by atoms with Crippen molar-refractivity contribution in [2.75, 3.05) is 0 Å². The Morgan fingerprint density at radius 3 is 1.93 bits per heavy atom. The van der Waals surface area contributed by atoms with Gasteiger partial charge in [-0.25, -0.2) is 0 Å². The Hall–Kier alpha value is -3.34. The van der Waals surface area contributed by atoms with Crippen molar-refractivity contribution in [2.24, 2.45) is 5.41 Å². The maximum Gasteiger partial charge on any atom is 0.707 e. The number of hydrogen-bond acceptors (Lipinski definition) is 3. The highest BCUT2D eigenvalue weighted by molar-refractivity contribution is 6.33. The van der Waals surface area contributed by atoms with Crippen molar-refractivity contribution >= 4 is 30.6 Å². The quantitative estimate of drug-likeness (QED) is 0.765. The monoisotopic (exact) mass is 376 g/mol. The third-order valence-electron chi connectivity index (χ3n) is 6.16. The number of allylic oxidation sites excluding steroid dienone is 7. The Morgan fingerprint density at radius 1 is 0.724 bits per heavy atom. The van der Waals surface area contributed by atoms with E-state index in [1.165, 1.54) is 11.1 Å². The molecule has 29 heavy (non-hydrogen) atoms. The van der Waals surface area contributed by atoms with E-state index in [-0.39, 0.29) is 0 Å². The van der Waals surface area contributed by atoms with E-state index in [9.17, 15) is 10.0 Å². The zero-order valence-corrected chi connectivity index (χ0v) is 15.5. The molecule has 0 saturated heterocycles. The zero-order valence-electron chi connectivity index (χ0n) is 15.5. The Labute approximate surface area is 169 Å². The molecule has 4 aliphatic carbocycles. The highest BCUT2D eigenvalue weighted by atomic mass is 16.6. The smallest absolute Gasteiger partial charge is 0.514 e. The molecule has 0 amide bonds. The van der Waals surface area contributed by atoms with Gasteiger partial charge in [-0.3, -0.25) is 0 Å². The van der Waals surface area contributed by atoms with Gasteiger partial charge in [0.15, 0.2) is 0 Å². The molecule has 4 aliphatic rings. The van der Waals surface area contributed by atoms with Gasteiger partial charge in [-0.15, -0.1) is 0 Å². The van der Waals surface area contributed by atoms with Gasteiger partial charge in [0.05, 0.1) is 11.2 Å². The van der Waals surface area contributed by atoms with Crippen LogP contribution in [0.2, 0.25) is 0 Å². The lowest BCUT2D eigenvalue weighted by molar-refractivity contribution is 0.213. The van der Waals surface area contributed by atoms with E-state index in [1.54, 1.807) is 0 Å². The average molecular weight is 376 g/mol. The first kappa shape index (κ1) is 16.6. The fourth-order valence-corrected chi connectivity index (χ4v) is 5.00. The molecular weight excluding hydrogens is 359 g/mol. The number of rotatable bonds is 2. The summed E-state index contributed by atoms with van der Waals surface area (Å²) in [5, 5.41) is 19.3. The average Bonchev–Trinajstić information content (AvgIpc) is 3.30. The fraction of sp³-hybridized carbons (Fsp3) is 0.0400. The minimum absolute atomic E-state index is 0.510. The largest absolute Gasteiger partial charge is 0.707 e. The molecule has 2 aromatic rings. The summed E-state index contributed by atoms with van der Waals surface area (Å²) in [5.41, 5.74) is 8.45. The summed E-state index contributed by atoms with van der Waals surface area (Å²) in [6.45, 7) is 0. The molecule has 0 aromatic heterocycles. The van der Waals surface area contributed by atoms with Crippen LogP contribution in [0.1, 0.15) is 22.3 Å². The molecular formula is C25H17BO3. The van der Waals surface area contributed by atoms with Crippen LogP contribution in [0.5, 0.6) is 0 Å². The van der Waals surface area contributed by atoms with E-state index in [2.05, 4.69) is 48.6 Å². The van der Waals surface area contributed by atoms with Crippen molar-refractivity contribution in [1.29, 1.82) is 0 Å². The highest BCUT2D eigenvalue weighted by Gasteiger charge is 2.50. The van der Waals surface area contributed by atoms with E-state index in [0.717, 1.165) is 33.4 Å². The predicted molar refractivity (Wildman–Crippen MR) is 116 cm³/mol. The summed E-state index contributed by atoms with van der Waals surface area (Å²) >= 11 is 0. The summed E-state index contributed by atoms with van der Waals surface area (Å²) in [4.78, 5) is 0. The van der Waals surface area contributed by atoms with Gasteiger partial charge in [0.2, 0.25) is 0 Å². The summed E-state index contributed by atoms with van der Waals surface area (Å²) in [6.07, 6.45) is 14.5. The van der Waals surface area contributed by atoms with E-state index in [0.29, 0.717) is 5.76 Å². The molecule has 138 valence electrons. The van der Waals surface area contributed by atoms with Gasteiger partial charge in [0, 0.05) is 0 Å². The molecule has 0 aliphatic heterocycles. The lowest BCUT2D eigenvalue weighted by Crippen LogP contribution is -2.33. The molecule has 1 spiro atoms. The van der Waals surface area contributed by atoms with Crippen LogP contribution in [-0.2, 0) is 4.65 Å². The molecule has 4 heteroatoms. The van der Waals surface area contributed by atoms with Crippen molar-refractivity contribution in [3.05, 3.63) is 118 Å². The molecule has 6 rings (SSSR count). The van der Waals surface area contributed by atoms with Crippen LogP contribution in [0.3, 0.4) is 0 Å². The van der Waals surface area contributed by atoms with Crippen LogP contribution < -0.4 is 0 Å². The normalized spacial score (nSPS) is 22.5. The Bertz CT molecular complexity index is 1230. The van der Waals surface area contributed by atoms with Crippen LogP contribution in [0, 0.1) is 5.41 Å². The zero-order chi connectivity index (χ0) is 19.6. The van der Waals surface area contributed by atoms with E-state index in [4.69, 9.17) is 4.65 Å². The second-order valence-electron chi connectivity index (χ2n) is 7.59. The molecule has 2 N–H and O–H groups in total. The van der Waals surface area contributed by atoms with Gasteiger partial charge in [-0.1, -0.05) is 72.8 Å². The summed E-state index contributed by atoms with van der Waals surface area (Å²) in [5.74, 6) is 0.510. The van der Waals surface area contributed by atoms with Gasteiger partial charge < -0.3 is 14.7 Å². The molecule has 2 aromatic carbocycles. The maximum atomic E-state index is 9.64. The topological polar surface area (TPSA) is 49.7 Å². The van der Waals surface area contributed by atoms with E-state index in [1.807, 2.05) is 42.5 Å². The lowest BCUT2D eigenvalue weighted by atomic mass is 9.64. The van der Waals surface area contributed by atoms with Gasteiger partial charge in [0.25, 0.3) is 0 Å².